The SMILES string of the molecule is CCCC(C)NC(=O)C1N([C@@H](CO)[C@@H](C)CC)C(=O)[C@@H]2[C@H](C(=O)OCC)[C@]3(CC)CCC12O3. The Balaban J connectivity index is 2.10. The molecule has 8 nitrogen and oxygen atoms in total. The van der Waals surface area contributed by atoms with Gasteiger partial charge in [-0.1, -0.05) is 40.5 Å². The lowest BCUT2D eigenvalue weighted by molar-refractivity contribution is -0.162. The highest BCUT2D eigenvalue weighted by Crippen LogP contribution is 2.64. The number of amides is 2. The first-order valence-electron chi connectivity index (χ1n) is 12.8. The van der Waals surface area contributed by atoms with Crippen molar-refractivity contribution >= 4 is 17.8 Å². The van der Waals surface area contributed by atoms with Gasteiger partial charge < -0.3 is 24.8 Å². The van der Waals surface area contributed by atoms with Crippen molar-refractivity contribution in [1.29, 1.82) is 0 Å². The second-order valence-electron chi connectivity index (χ2n) is 10.2. The lowest BCUT2D eigenvalue weighted by Gasteiger charge is -2.39. The zero-order valence-corrected chi connectivity index (χ0v) is 21.1. The number of fused-ring (bicyclic) bond motifs is 1. The topological polar surface area (TPSA) is 105 Å². The Bertz CT molecular complexity index is 759. The third kappa shape index (κ3) is 3.97. The Kier molecular flexibility index (Phi) is 7.79. The minimum absolute atomic E-state index is 0.0177. The molecule has 3 unspecified atom stereocenters. The van der Waals surface area contributed by atoms with E-state index >= 15 is 0 Å². The molecule has 0 saturated carbocycles. The third-order valence-corrected chi connectivity index (χ3v) is 8.36. The van der Waals surface area contributed by atoms with E-state index in [1.165, 1.54) is 0 Å². The lowest BCUT2D eigenvalue weighted by Crippen LogP contribution is -2.60. The van der Waals surface area contributed by atoms with Crippen LogP contribution in [0, 0.1) is 17.8 Å². The molecule has 0 aliphatic carbocycles. The van der Waals surface area contributed by atoms with E-state index in [-0.39, 0.29) is 37.0 Å². The van der Waals surface area contributed by atoms with E-state index in [0.717, 1.165) is 19.3 Å². The summed E-state index contributed by atoms with van der Waals surface area (Å²) in [4.78, 5) is 42.5. The third-order valence-electron chi connectivity index (χ3n) is 8.36. The second-order valence-corrected chi connectivity index (χ2v) is 10.2. The maximum absolute atomic E-state index is 14.0. The Labute approximate surface area is 197 Å². The van der Waals surface area contributed by atoms with Crippen LogP contribution in [0.15, 0.2) is 0 Å². The first-order valence-corrected chi connectivity index (χ1v) is 12.8. The standard InChI is InChI=1S/C25H42N2O6/c1-7-11-16(6)26-21(29)20-25-13-12-24(9-3,33-25)19(23(31)32-10-4)18(25)22(30)27(20)17(14-28)15(5)8-2/h15-20,28H,7-14H2,1-6H3,(H,26,29)/t15-,16?,17-,18-,19+,20?,24-,25?/m0/s1. The summed E-state index contributed by atoms with van der Waals surface area (Å²) in [6, 6.07) is -1.46. The average molecular weight is 467 g/mol. The predicted molar refractivity (Wildman–Crippen MR) is 123 cm³/mol. The van der Waals surface area contributed by atoms with E-state index in [2.05, 4.69) is 12.2 Å². The fourth-order valence-corrected chi connectivity index (χ4v) is 6.54. The van der Waals surface area contributed by atoms with Crippen molar-refractivity contribution < 1.29 is 29.0 Å². The minimum atomic E-state index is -1.08. The smallest absolute Gasteiger partial charge is 0.312 e. The highest BCUT2D eigenvalue weighted by Gasteiger charge is 2.79. The largest absolute Gasteiger partial charge is 0.466 e. The van der Waals surface area contributed by atoms with Gasteiger partial charge in [-0.3, -0.25) is 14.4 Å². The molecular formula is C25H42N2O6. The molecule has 3 aliphatic heterocycles. The average Bonchev–Trinajstić information content (AvgIpc) is 3.38. The van der Waals surface area contributed by atoms with Gasteiger partial charge in [0.25, 0.3) is 0 Å². The summed E-state index contributed by atoms with van der Waals surface area (Å²) in [6.07, 6.45) is 4.19. The number of hydrogen-bond acceptors (Lipinski definition) is 6. The number of nitrogens with zero attached hydrogens (tertiary/aromatic N) is 1. The first kappa shape index (κ1) is 25.9. The molecule has 3 heterocycles. The minimum Gasteiger partial charge on any atom is -0.466 e. The van der Waals surface area contributed by atoms with E-state index in [1.54, 1.807) is 11.8 Å². The van der Waals surface area contributed by atoms with Crippen LogP contribution >= 0.6 is 0 Å². The summed E-state index contributed by atoms with van der Waals surface area (Å²) in [5.74, 6) is -2.50. The zero-order chi connectivity index (χ0) is 24.6. The molecule has 3 aliphatic rings. The van der Waals surface area contributed by atoms with Crippen LogP contribution in [0.3, 0.4) is 0 Å². The van der Waals surface area contributed by atoms with Crippen LogP contribution in [0.5, 0.6) is 0 Å². The van der Waals surface area contributed by atoms with Crippen molar-refractivity contribution in [3.8, 4) is 0 Å². The Morgan fingerprint density at radius 3 is 2.48 bits per heavy atom. The molecule has 0 radical (unpaired) electrons. The molecule has 8 heteroatoms. The van der Waals surface area contributed by atoms with Crippen LogP contribution in [0.1, 0.15) is 80.1 Å². The van der Waals surface area contributed by atoms with Gasteiger partial charge in [-0.05, 0) is 45.4 Å². The van der Waals surface area contributed by atoms with Gasteiger partial charge in [0.15, 0.2) is 0 Å². The molecule has 8 atom stereocenters. The number of rotatable bonds is 11. The Morgan fingerprint density at radius 1 is 1.24 bits per heavy atom. The van der Waals surface area contributed by atoms with Crippen molar-refractivity contribution in [3.05, 3.63) is 0 Å². The van der Waals surface area contributed by atoms with Crippen molar-refractivity contribution in [3.63, 3.8) is 0 Å². The fraction of sp³-hybridized carbons (Fsp3) is 0.880. The predicted octanol–water partition coefficient (Wildman–Crippen LogP) is 2.42. The van der Waals surface area contributed by atoms with E-state index in [4.69, 9.17) is 9.47 Å². The van der Waals surface area contributed by atoms with Crippen molar-refractivity contribution in [2.45, 2.75) is 109 Å². The molecular weight excluding hydrogens is 424 g/mol. The van der Waals surface area contributed by atoms with Gasteiger partial charge in [0.1, 0.15) is 17.6 Å². The van der Waals surface area contributed by atoms with Gasteiger partial charge in [-0.2, -0.15) is 0 Å². The van der Waals surface area contributed by atoms with Crippen LogP contribution in [-0.4, -0.2) is 70.3 Å². The highest BCUT2D eigenvalue weighted by atomic mass is 16.6. The summed E-state index contributed by atoms with van der Waals surface area (Å²) in [5, 5.41) is 13.4. The highest BCUT2D eigenvalue weighted by molar-refractivity contribution is 5.98. The molecule has 2 amide bonds. The molecule has 0 aromatic carbocycles. The number of aliphatic hydroxyl groups is 1. The normalized spacial score (nSPS) is 35.3. The molecule has 3 rings (SSSR count). The first-order chi connectivity index (χ1) is 15.7. The fourth-order valence-electron chi connectivity index (χ4n) is 6.54. The van der Waals surface area contributed by atoms with Gasteiger partial charge in [0.05, 0.1) is 30.8 Å². The zero-order valence-electron chi connectivity index (χ0n) is 21.1. The summed E-state index contributed by atoms with van der Waals surface area (Å²) >= 11 is 0. The molecule has 3 fully saturated rings. The number of hydrogen-bond donors (Lipinski definition) is 2. The number of ether oxygens (including phenoxy) is 2. The van der Waals surface area contributed by atoms with Crippen LogP contribution in [-0.2, 0) is 23.9 Å². The molecule has 3 saturated heterocycles. The number of aliphatic hydroxyl groups excluding tert-OH is 1. The molecule has 2 N–H and O–H groups in total. The molecule has 188 valence electrons. The van der Waals surface area contributed by atoms with Crippen molar-refractivity contribution in [2.24, 2.45) is 17.8 Å². The maximum atomic E-state index is 14.0. The number of carbonyl (C=O) groups is 3. The Hall–Kier alpha value is -1.67. The monoisotopic (exact) mass is 466 g/mol. The van der Waals surface area contributed by atoms with Crippen LogP contribution in [0.25, 0.3) is 0 Å². The van der Waals surface area contributed by atoms with Crippen LogP contribution in [0.4, 0.5) is 0 Å². The van der Waals surface area contributed by atoms with E-state index in [0.29, 0.717) is 19.3 Å². The molecule has 0 aromatic heterocycles. The van der Waals surface area contributed by atoms with Gasteiger partial charge >= 0.3 is 5.97 Å². The molecule has 2 bridgehead atoms. The van der Waals surface area contributed by atoms with Crippen molar-refractivity contribution in [1.82, 2.24) is 10.2 Å². The van der Waals surface area contributed by atoms with Gasteiger partial charge in [0.2, 0.25) is 11.8 Å². The lowest BCUT2D eigenvalue weighted by atomic mass is 9.65. The quantitative estimate of drug-likeness (QED) is 0.453. The second kappa shape index (κ2) is 9.90. The molecule has 33 heavy (non-hydrogen) atoms. The van der Waals surface area contributed by atoms with Crippen LogP contribution < -0.4 is 5.32 Å². The van der Waals surface area contributed by atoms with E-state index in [9.17, 15) is 19.5 Å². The number of esters is 1. The van der Waals surface area contributed by atoms with Gasteiger partial charge in [-0.25, -0.2) is 0 Å². The molecule has 0 aromatic rings. The number of nitrogens with one attached hydrogen (secondary N) is 1. The maximum Gasteiger partial charge on any atom is 0.312 e. The van der Waals surface area contributed by atoms with Crippen molar-refractivity contribution in [2.75, 3.05) is 13.2 Å². The summed E-state index contributed by atoms with van der Waals surface area (Å²) in [6.45, 7) is 11.7. The number of carbonyl (C=O) groups excluding carboxylic acids is 3. The summed E-state index contributed by atoms with van der Waals surface area (Å²) < 4.78 is 12.1. The molecule has 1 spiro atoms. The number of likely N-dealkylation sites (tertiary alicyclic amines) is 1. The summed E-state index contributed by atoms with van der Waals surface area (Å²) in [5.41, 5.74) is -1.88. The van der Waals surface area contributed by atoms with E-state index < -0.39 is 41.1 Å². The Morgan fingerprint density at radius 2 is 1.94 bits per heavy atom. The van der Waals surface area contributed by atoms with E-state index in [1.807, 2.05) is 27.7 Å². The van der Waals surface area contributed by atoms with Crippen LogP contribution in [0.2, 0.25) is 0 Å². The van der Waals surface area contributed by atoms with Gasteiger partial charge in [0, 0.05) is 6.04 Å². The van der Waals surface area contributed by atoms with Gasteiger partial charge in [-0.15, -0.1) is 0 Å². The summed E-state index contributed by atoms with van der Waals surface area (Å²) in [7, 11) is 0.